The molecule has 0 aliphatic rings. The van der Waals surface area contributed by atoms with Crippen molar-refractivity contribution in [3.63, 3.8) is 0 Å². The second-order valence-corrected chi connectivity index (χ2v) is 6.72. The number of methoxy groups -OCH3 is 1. The van der Waals surface area contributed by atoms with Gasteiger partial charge in [0.1, 0.15) is 5.75 Å². The maximum absolute atomic E-state index is 5.33. The summed E-state index contributed by atoms with van der Waals surface area (Å²) >= 11 is 0. The Morgan fingerprint density at radius 1 is 0.808 bits per heavy atom. The van der Waals surface area contributed by atoms with E-state index in [-0.39, 0.29) is 0 Å². The molecule has 0 aliphatic heterocycles. The van der Waals surface area contributed by atoms with Gasteiger partial charge in [0.25, 0.3) is 0 Å². The summed E-state index contributed by atoms with van der Waals surface area (Å²) in [5.41, 5.74) is 5.31. The second kappa shape index (κ2) is 7.09. The van der Waals surface area contributed by atoms with E-state index >= 15 is 0 Å². The summed E-state index contributed by atoms with van der Waals surface area (Å²) in [5.74, 6) is 1.21. The van der Waals surface area contributed by atoms with Gasteiger partial charge in [-0.2, -0.15) is 0 Å². The van der Waals surface area contributed by atoms with Gasteiger partial charge in [-0.15, -0.1) is 0 Å². The lowest BCUT2D eigenvalue weighted by atomic mass is 9.86. The van der Waals surface area contributed by atoms with E-state index in [1.165, 1.54) is 27.6 Å². The highest BCUT2D eigenvalue weighted by atomic mass is 16.5. The Labute approximate surface area is 154 Å². The molecule has 4 rings (SSSR count). The van der Waals surface area contributed by atoms with Gasteiger partial charge in [0.05, 0.1) is 7.11 Å². The molecule has 0 saturated heterocycles. The van der Waals surface area contributed by atoms with Gasteiger partial charge < -0.3 is 9.30 Å². The summed E-state index contributed by atoms with van der Waals surface area (Å²) in [7, 11) is 3.83. The van der Waals surface area contributed by atoms with E-state index in [4.69, 9.17) is 4.74 Å². The van der Waals surface area contributed by atoms with Gasteiger partial charge in [0, 0.05) is 30.1 Å². The number of hydrogen-bond donors (Lipinski definition) is 0. The molecule has 0 saturated carbocycles. The highest BCUT2D eigenvalue weighted by Gasteiger charge is 2.17. The lowest BCUT2D eigenvalue weighted by Crippen LogP contribution is -2.05. The quantitative estimate of drug-likeness (QED) is 0.463. The molecule has 0 amide bonds. The van der Waals surface area contributed by atoms with Crippen LogP contribution in [0.1, 0.15) is 22.6 Å². The van der Waals surface area contributed by atoms with E-state index in [9.17, 15) is 0 Å². The molecule has 130 valence electrons. The second-order valence-electron chi connectivity index (χ2n) is 6.72. The van der Waals surface area contributed by atoms with Crippen molar-refractivity contribution in [3.8, 4) is 5.75 Å². The Balaban J connectivity index is 1.77. The van der Waals surface area contributed by atoms with Crippen LogP contribution in [0.5, 0.6) is 5.75 Å². The van der Waals surface area contributed by atoms with Crippen molar-refractivity contribution < 1.29 is 4.74 Å². The van der Waals surface area contributed by atoms with Crippen molar-refractivity contribution in [2.75, 3.05) is 7.11 Å². The number of hydrogen-bond acceptors (Lipinski definition) is 1. The van der Waals surface area contributed by atoms with Crippen LogP contribution in [0.25, 0.3) is 10.9 Å². The lowest BCUT2D eigenvalue weighted by molar-refractivity contribution is 0.414. The van der Waals surface area contributed by atoms with Crippen molar-refractivity contribution in [1.82, 2.24) is 4.57 Å². The molecule has 26 heavy (non-hydrogen) atoms. The first-order valence-corrected chi connectivity index (χ1v) is 8.98. The molecule has 1 atom stereocenters. The minimum absolute atomic E-state index is 0.313. The number of aryl methyl sites for hydroxylation is 1. The molecule has 0 fully saturated rings. The number of para-hydroxylation sites is 1. The number of benzene rings is 3. The van der Waals surface area contributed by atoms with Crippen molar-refractivity contribution in [3.05, 3.63) is 102 Å². The highest BCUT2D eigenvalue weighted by molar-refractivity contribution is 5.84. The monoisotopic (exact) mass is 341 g/mol. The molecule has 1 heterocycles. The Morgan fingerprint density at radius 2 is 1.46 bits per heavy atom. The molecule has 1 unspecified atom stereocenters. The normalized spacial score (nSPS) is 12.2. The third-order valence-corrected chi connectivity index (χ3v) is 5.12. The smallest absolute Gasteiger partial charge is 0.118 e. The SMILES string of the molecule is COc1ccc(C(Cc2cn(C)c3ccccc23)c2ccccc2)cc1. The van der Waals surface area contributed by atoms with Gasteiger partial charge in [0.2, 0.25) is 0 Å². The Morgan fingerprint density at radius 3 is 2.19 bits per heavy atom. The van der Waals surface area contributed by atoms with Gasteiger partial charge in [0.15, 0.2) is 0 Å². The molecule has 2 heteroatoms. The van der Waals surface area contributed by atoms with Gasteiger partial charge in [-0.25, -0.2) is 0 Å². The number of ether oxygens (including phenoxy) is 1. The first kappa shape index (κ1) is 16.5. The highest BCUT2D eigenvalue weighted by Crippen LogP contribution is 2.32. The van der Waals surface area contributed by atoms with E-state index in [0.29, 0.717) is 5.92 Å². The van der Waals surface area contributed by atoms with Crippen LogP contribution in [-0.4, -0.2) is 11.7 Å². The van der Waals surface area contributed by atoms with E-state index in [1.54, 1.807) is 7.11 Å². The number of rotatable bonds is 5. The summed E-state index contributed by atoms with van der Waals surface area (Å²) in [5, 5.41) is 1.34. The molecule has 0 spiro atoms. The Kier molecular flexibility index (Phi) is 4.49. The third-order valence-electron chi connectivity index (χ3n) is 5.12. The van der Waals surface area contributed by atoms with Crippen LogP contribution in [0.3, 0.4) is 0 Å². The van der Waals surface area contributed by atoms with Gasteiger partial charge in [-0.1, -0.05) is 60.7 Å². The first-order chi connectivity index (χ1) is 12.8. The predicted octanol–water partition coefficient (Wildman–Crippen LogP) is 5.56. The van der Waals surface area contributed by atoms with Crippen LogP contribution >= 0.6 is 0 Å². The maximum atomic E-state index is 5.33. The minimum Gasteiger partial charge on any atom is -0.497 e. The number of fused-ring (bicyclic) bond motifs is 1. The first-order valence-electron chi connectivity index (χ1n) is 8.98. The average Bonchev–Trinajstić information content (AvgIpc) is 3.03. The van der Waals surface area contributed by atoms with Gasteiger partial charge >= 0.3 is 0 Å². The Hall–Kier alpha value is -3.00. The summed E-state index contributed by atoms with van der Waals surface area (Å²) < 4.78 is 7.55. The fourth-order valence-electron chi connectivity index (χ4n) is 3.76. The average molecular weight is 341 g/mol. The summed E-state index contributed by atoms with van der Waals surface area (Å²) in [6.07, 6.45) is 3.24. The fourth-order valence-corrected chi connectivity index (χ4v) is 3.76. The summed E-state index contributed by atoms with van der Waals surface area (Å²) in [4.78, 5) is 0. The summed E-state index contributed by atoms with van der Waals surface area (Å²) in [6.45, 7) is 0. The van der Waals surface area contributed by atoms with Gasteiger partial charge in [-0.3, -0.25) is 0 Å². The molecule has 0 aliphatic carbocycles. The molecule has 1 aromatic heterocycles. The molecule has 0 bridgehead atoms. The zero-order chi connectivity index (χ0) is 17.9. The van der Waals surface area contributed by atoms with E-state index < -0.39 is 0 Å². The maximum Gasteiger partial charge on any atom is 0.118 e. The standard InChI is InChI=1S/C24H23NO/c1-25-17-20(22-10-6-7-11-24(22)25)16-23(18-8-4-3-5-9-18)19-12-14-21(26-2)15-13-19/h3-15,17,23H,16H2,1-2H3. The van der Waals surface area contributed by atoms with Crippen molar-refractivity contribution >= 4 is 10.9 Å². The molecule has 4 aromatic rings. The van der Waals surface area contributed by atoms with Crippen LogP contribution in [0, 0.1) is 0 Å². The summed E-state index contributed by atoms with van der Waals surface area (Å²) in [6, 6.07) is 27.9. The van der Waals surface area contributed by atoms with Crippen LogP contribution in [0.4, 0.5) is 0 Å². The Bertz CT molecular complexity index is 1000. The topological polar surface area (TPSA) is 14.2 Å². The minimum atomic E-state index is 0.313. The van der Waals surface area contributed by atoms with Crippen molar-refractivity contribution in [2.45, 2.75) is 12.3 Å². The molecular formula is C24H23NO. The van der Waals surface area contributed by atoms with Crippen LogP contribution in [0.2, 0.25) is 0 Å². The number of nitrogens with zero attached hydrogens (tertiary/aromatic N) is 1. The van der Waals surface area contributed by atoms with E-state index in [2.05, 4.69) is 84.5 Å². The predicted molar refractivity (Wildman–Crippen MR) is 108 cm³/mol. The van der Waals surface area contributed by atoms with Crippen LogP contribution < -0.4 is 4.74 Å². The van der Waals surface area contributed by atoms with E-state index in [1.807, 2.05) is 12.1 Å². The molecule has 0 N–H and O–H groups in total. The van der Waals surface area contributed by atoms with Crippen LogP contribution in [0.15, 0.2) is 85.1 Å². The van der Waals surface area contributed by atoms with Crippen molar-refractivity contribution in [1.29, 1.82) is 0 Å². The largest absolute Gasteiger partial charge is 0.497 e. The fraction of sp³-hybridized carbons (Fsp3) is 0.167. The lowest BCUT2D eigenvalue weighted by Gasteiger charge is -2.18. The molecule has 0 radical (unpaired) electrons. The number of aromatic nitrogens is 1. The molecular weight excluding hydrogens is 318 g/mol. The van der Waals surface area contributed by atoms with Crippen LogP contribution in [-0.2, 0) is 13.5 Å². The molecule has 3 aromatic carbocycles. The zero-order valence-corrected chi connectivity index (χ0v) is 15.2. The van der Waals surface area contributed by atoms with Crippen molar-refractivity contribution in [2.24, 2.45) is 7.05 Å². The van der Waals surface area contributed by atoms with E-state index in [0.717, 1.165) is 12.2 Å². The molecule has 2 nitrogen and oxygen atoms in total. The zero-order valence-electron chi connectivity index (χ0n) is 15.2. The van der Waals surface area contributed by atoms with Gasteiger partial charge in [-0.05, 0) is 41.3 Å². The third kappa shape index (κ3) is 3.11.